The van der Waals surface area contributed by atoms with Crippen molar-refractivity contribution in [3.63, 3.8) is 0 Å². The van der Waals surface area contributed by atoms with Gasteiger partial charge in [-0.1, -0.05) is 22.5 Å². The van der Waals surface area contributed by atoms with Gasteiger partial charge in [-0.05, 0) is 30.9 Å². The van der Waals surface area contributed by atoms with Gasteiger partial charge in [-0.3, -0.25) is 0 Å². The van der Waals surface area contributed by atoms with Gasteiger partial charge in [0.25, 0.3) is 10.0 Å². The third-order valence-electron chi connectivity index (χ3n) is 2.66. The van der Waals surface area contributed by atoms with Crippen LogP contribution < -0.4 is 4.83 Å². The molecular formula is C11H13N7O4S. The van der Waals surface area contributed by atoms with Crippen LogP contribution in [0.1, 0.15) is 12.5 Å². The highest BCUT2D eigenvalue weighted by Crippen LogP contribution is 2.09. The van der Waals surface area contributed by atoms with Gasteiger partial charge in [0.2, 0.25) is 0 Å². The van der Waals surface area contributed by atoms with E-state index >= 15 is 0 Å². The number of sulfonamides is 1. The van der Waals surface area contributed by atoms with E-state index in [-0.39, 0.29) is 11.4 Å². The van der Waals surface area contributed by atoms with Crippen LogP contribution in [0.3, 0.4) is 0 Å². The fourth-order valence-corrected chi connectivity index (χ4v) is 2.40. The average molecular weight is 339 g/mol. The molecule has 0 amide bonds. The summed E-state index contributed by atoms with van der Waals surface area (Å²) < 4.78 is 24.1. The number of hydrazone groups is 1. The second-order valence-electron chi connectivity index (χ2n) is 4.63. The molecule has 0 fully saturated rings. The van der Waals surface area contributed by atoms with E-state index in [1.54, 1.807) is 12.1 Å². The number of nitro groups is 1. The molecule has 11 nitrogen and oxygen atoms in total. The summed E-state index contributed by atoms with van der Waals surface area (Å²) in [6.07, 6.45) is 0. The van der Waals surface area contributed by atoms with Gasteiger partial charge >= 0.3 is 5.95 Å². The molecule has 0 radical (unpaired) electrons. The summed E-state index contributed by atoms with van der Waals surface area (Å²) in [5.74, 6) is -0.641. The summed E-state index contributed by atoms with van der Waals surface area (Å²) in [5, 5.41) is 24.4. The van der Waals surface area contributed by atoms with Crippen LogP contribution in [0.4, 0.5) is 5.95 Å². The van der Waals surface area contributed by atoms with Crippen molar-refractivity contribution < 1.29 is 13.3 Å². The third-order valence-corrected chi connectivity index (χ3v) is 3.89. The Labute approximate surface area is 131 Å². The number of aryl methyl sites for hydroxylation is 1. The zero-order valence-electron chi connectivity index (χ0n) is 12.2. The molecule has 23 heavy (non-hydrogen) atoms. The first-order valence-corrected chi connectivity index (χ1v) is 7.80. The Morgan fingerprint density at radius 2 is 2.04 bits per heavy atom. The molecule has 0 aliphatic carbocycles. The maximum Gasteiger partial charge on any atom is 0.514 e. The number of rotatable bonds is 6. The van der Waals surface area contributed by atoms with Gasteiger partial charge in [0.15, 0.2) is 0 Å². The van der Waals surface area contributed by atoms with E-state index in [0.29, 0.717) is 5.71 Å². The van der Waals surface area contributed by atoms with Crippen molar-refractivity contribution in [2.24, 2.45) is 5.10 Å². The van der Waals surface area contributed by atoms with Crippen LogP contribution in [0, 0.1) is 17.0 Å². The lowest BCUT2D eigenvalue weighted by atomic mass is 10.2. The summed E-state index contributed by atoms with van der Waals surface area (Å²) >= 11 is 0. The van der Waals surface area contributed by atoms with Crippen molar-refractivity contribution >= 4 is 21.7 Å². The molecule has 1 heterocycles. The van der Waals surface area contributed by atoms with Crippen LogP contribution in [-0.2, 0) is 16.6 Å². The van der Waals surface area contributed by atoms with Crippen LogP contribution in [0.25, 0.3) is 0 Å². The second-order valence-corrected chi connectivity index (χ2v) is 6.29. The lowest BCUT2D eigenvalue weighted by Crippen LogP contribution is -2.21. The van der Waals surface area contributed by atoms with Crippen molar-refractivity contribution in [3.05, 3.63) is 39.9 Å². The van der Waals surface area contributed by atoms with Gasteiger partial charge in [0, 0.05) is 5.21 Å². The standard InChI is InChI=1S/C11H13N7O4S/c1-8-3-5-10(6-4-8)23(21,22)16-12-9(2)7-17-14-11(13-15-17)18(19)20/h3-6,16H,7H2,1-2H3/b12-9-. The summed E-state index contributed by atoms with van der Waals surface area (Å²) in [4.78, 5) is 12.8. The highest BCUT2D eigenvalue weighted by Gasteiger charge is 2.16. The van der Waals surface area contributed by atoms with Gasteiger partial charge < -0.3 is 10.1 Å². The summed E-state index contributed by atoms with van der Waals surface area (Å²) in [5.41, 5.74) is 1.23. The number of tetrazole rings is 1. The van der Waals surface area contributed by atoms with Gasteiger partial charge in [0.1, 0.15) is 6.54 Å². The molecule has 0 unspecified atom stereocenters. The molecule has 2 aromatic rings. The average Bonchev–Trinajstić information content (AvgIpc) is 2.94. The molecule has 1 aromatic carbocycles. The van der Waals surface area contributed by atoms with Crippen molar-refractivity contribution in [2.45, 2.75) is 25.3 Å². The number of hydrogen-bond acceptors (Lipinski definition) is 8. The van der Waals surface area contributed by atoms with Gasteiger partial charge in [-0.2, -0.15) is 13.5 Å². The van der Waals surface area contributed by atoms with Crippen molar-refractivity contribution in [1.29, 1.82) is 0 Å². The highest BCUT2D eigenvalue weighted by molar-refractivity contribution is 7.89. The molecule has 12 heteroatoms. The van der Waals surface area contributed by atoms with E-state index in [1.807, 2.05) is 6.92 Å². The SMILES string of the molecule is C/C(Cn1nnc([N+](=O)[O-])n1)=N/NS(=O)(=O)c1ccc(C)cc1. The monoisotopic (exact) mass is 339 g/mol. The van der Waals surface area contributed by atoms with Crippen LogP contribution in [-0.4, -0.2) is 39.3 Å². The molecular weight excluding hydrogens is 326 g/mol. The summed E-state index contributed by atoms with van der Waals surface area (Å²) in [7, 11) is -3.78. The largest absolute Gasteiger partial charge is 0.514 e. The Balaban J connectivity index is 2.05. The predicted molar refractivity (Wildman–Crippen MR) is 79.1 cm³/mol. The Kier molecular flexibility index (Phi) is 4.64. The minimum atomic E-state index is -3.78. The van der Waals surface area contributed by atoms with E-state index in [1.165, 1.54) is 19.1 Å². The topological polar surface area (TPSA) is 145 Å². The Morgan fingerprint density at radius 3 is 2.61 bits per heavy atom. The van der Waals surface area contributed by atoms with Gasteiger partial charge in [-0.15, -0.1) is 0 Å². The lowest BCUT2D eigenvalue weighted by molar-refractivity contribution is -0.394. The number of aromatic nitrogens is 4. The van der Waals surface area contributed by atoms with Gasteiger partial charge in [-0.25, -0.2) is 4.83 Å². The summed E-state index contributed by atoms with van der Waals surface area (Å²) in [6, 6.07) is 6.27. The van der Waals surface area contributed by atoms with Crippen molar-refractivity contribution in [1.82, 2.24) is 25.0 Å². The first-order valence-electron chi connectivity index (χ1n) is 6.32. The van der Waals surface area contributed by atoms with E-state index in [0.717, 1.165) is 10.4 Å². The predicted octanol–water partition coefficient (Wildman–Crippen LogP) is 0.244. The van der Waals surface area contributed by atoms with Crippen molar-refractivity contribution in [2.75, 3.05) is 0 Å². The fraction of sp³-hybridized carbons (Fsp3) is 0.273. The van der Waals surface area contributed by atoms with Crippen LogP contribution >= 0.6 is 0 Å². The maximum atomic E-state index is 12.0. The molecule has 0 atom stereocenters. The number of benzene rings is 1. The smallest absolute Gasteiger partial charge is 0.390 e. The molecule has 1 aromatic heterocycles. The molecule has 0 aliphatic heterocycles. The first-order chi connectivity index (χ1) is 10.8. The molecule has 122 valence electrons. The summed E-state index contributed by atoms with van der Waals surface area (Å²) in [6.45, 7) is 3.32. The van der Waals surface area contributed by atoms with E-state index in [2.05, 4.69) is 25.3 Å². The second kappa shape index (κ2) is 6.48. The maximum absolute atomic E-state index is 12.0. The van der Waals surface area contributed by atoms with Crippen LogP contribution in [0.5, 0.6) is 0 Å². The molecule has 0 spiro atoms. The Bertz CT molecular complexity index is 842. The minimum absolute atomic E-state index is 0.0444. The van der Waals surface area contributed by atoms with E-state index < -0.39 is 20.9 Å². The normalized spacial score (nSPS) is 12.2. The van der Waals surface area contributed by atoms with Gasteiger partial charge in [0.05, 0.1) is 20.8 Å². The first kappa shape index (κ1) is 16.5. The molecule has 1 N–H and O–H groups in total. The molecule has 2 rings (SSSR count). The minimum Gasteiger partial charge on any atom is -0.390 e. The van der Waals surface area contributed by atoms with Crippen LogP contribution in [0.15, 0.2) is 34.3 Å². The molecule has 0 saturated carbocycles. The number of nitrogens with one attached hydrogen (secondary N) is 1. The Morgan fingerprint density at radius 1 is 1.39 bits per heavy atom. The Hall–Kier alpha value is -2.89. The highest BCUT2D eigenvalue weighted by atomic mass is 32.2. The molecule has 0 saturated heterocycles. The zero-order chi connectivity index (χ0) is 17.0. The quantitative estimate of drug-likeness (QED) is 0.451. The van der Waals surface area contributed by atoms with E-state index in [9.17, 15) is 18.5 Å². The zero-order valence-corrected chi connectivity index (χ0v) is 13.1. The number of nitrogens with zero attached hydrogens (tertiary/aromatic N) is 6. The number of hydrogen-bond donors (Lipinski definition) is 1. The fourth-order valence-electron chi connectivity index (χ4n) is 1.52. The molecule has 0 bridgehead atoms. The van der Waals surface area contributed by atoms with Crippen molar-refractivity contribution in [3.8, 4) is 0 Å². The lowest BCUT2D eigenvalue weighted by Gasteiger charge is -2.04. The third kappa shape index (κ3) is 4.29. The molecule has 0 aliphatic rings. The van der Waals surface area contributed by atoms with E-state index in [4.69, 9.17) is 0 Å². The van der Waals surface area contributed by atoms with Crippen LogP contribution in [0.2, 0.25) is 0 Å².